The molecule has 0 unspecified atom stereocenters. The highest BCUT2D eigenvalue weighted by Crippen LogP contribution is 2.20. The Morgan fingerprint density at radius 3 is 2.29 bits per heavy atom. The highest BCUT2D eigenvalue weighted by Gasteiger charge is 2.15. The third-order valence-corrected chi connectivity index (χ3v) is 5.53. The first-order valence-corrected chi connectivity index (χ1v) is 10.3. The average molecular weight is 401 g/mol. The zero-order valence-electron chi connectivity index (χ0n) is 16.6. The molecule has 1 fully saturated rings. The molecule has 2 N–H and O–H groups in total. The smallest absolute Gasteiger partial charge is 0.238 e. The molecular formula is C22H29ClN4O. The van der Waals surface area contributed by atoms with Gasteiger partial charge in [-0.15, -0.1) is 0 Å². The first-order valence-electron chi connectivity index (χ1n) is 9.91. The van der Waals surface area contributed by atoms with Crippen molar-refractivity contribution in [2.45, 2.75) is 19.9 Å². The summed E-state index contributed by atoms with van der Waals surface area (Å²) in [5.74, 6) is -0.0508. The van der Waals surface area contributed by atoms with Gasteiger partial charge in [-0.25, -0.2) is 0 Å². The summed E-state index contributed by atoms with van der Waals surface area (Å²) < 4.78 is 0. The molecule has 2 aromatic carbocycles. The summed E-state index contributed by atoms with van der Waals surface area (Å²) in [6.07, 6.45) is 0. The van der Waals surface area contributed by atoms with Gasteiger partial charge in [0.2, 0.25) is 5.91 Å². The molecule has 0 saturated carbocycles. The van der Waals surface area contributed by atoms with Crippen molar-refractivity contribution >= 4 is 28.9 Å². The van der Waals surface area contributed by atoms with Crippen LogP contribution in [0.2, 0.25) is 5.02 Å². The standard InChI is InChI=1S/C22H29ClN4O/c1-3-26-12-14-27(15-13-26)21-10-8-20(9-11-21)25-22(28)16-24-17(2)18-4-6-19(23)7-5-18/h4-11,17,24H,3,12-16H2,1-2H3,(H,25,28)/t17-/m0/s1. The number of anilines is 2. The Hall–Kier alpha value is -2.08. The van der Waals surface area contributed by atoms with Gasteiger partial charge < -0.3 is 20.4 Å². The van der Waals surface area contributed by atoms with Crippen molar-refractivity contribution < 1.29 is 4.79 Å². The van der Waals surface area contributed by atoms with Crippen molar-refractivity contribution in [1.29, 1.82) is 0 Å². The molecule has 0 aromatic heterocycles. The van der Waals surface area contributed by atoms with Gasteiger partial charge in [-0.3, -0.25) is 4.79 Å². The van der Waals surface area contributed by atoms with E-state index >= 15 is 0 Å². The molecule has 1 saturated heterocycles. The Kier molecular flexibility index (Phi) is 7.31. The van der Waals surface area contributed by atoms with Gasteiger partial charge in [0.25, 0.3) is 0 Å². The molecule has 1 atom stereocenters. The summed E-state index contributed by atoms with van der Waals surface area (Å²) in [7, 11) is 0. The van der Waals surface area contributed by atoms with E-state index in [0.717, 1.165) is 44.0 Å². The van der Waals surface area contributed by atoms with Gasteiger partial charge in [0.15, 0.2) is 0 Å². The highest BCUT2D eigenvalue weighted by molar-refractivity contribution is 6.30. The molecule has 150 valence electrons. The van der Waals surface area contributed by atoms with Crippen LogP contribution in [-0.4, -0.2) is 50.1 Å². The number of carbonyl (C=O) groups excluding carboxylic acids is 1. The SMILES string of the molecule is CCN1CCN(c2ccc(NC(=O)CN[C@@H](C)c3ccc(Cl)cc3)cc2)CC1. The number of nitrogens with one attached hydrogen (secondary N) is 2. The van der Waals surface area contributed by atoms with Gasteiger partial charge in [-0.05, 0) is 55.4 Å². The van der Waals surface area contributed by atoms with E-state index in [-0.39, 0.29) is 18.5 Å². The first-order chi connectivity index (χ1) is 13.5. The lowest BCUT2D eigenvalue weighted by Crippen LogP contribution is -2.46. The quantitative estimate of drug-likeness (QED) is 0.742. The molecular weight excluding hydrogens is 372 g/mol. The number of benzene rings is 2. The van der Waals surface area contributed by atoms with E-state index < -0.39 is 0 Å². The third-order valence-electron chi connectivity index (χ3n) is 5.27. The number of nitrogens with zero attached hydrogens (tertiary/aromatic N) is 2. The molecule has 1 aliphatic rings. The molecule has 6 heteroatoms. The van der Waals surface area contributed by atoms with Crippen molar-refractivity contribution in [1.82, 2.24) is 10.2 Å². The average Bonchev–Trinajstić information content (AvgIpc) is 2.73. The predicted molar refractivity (Wildman–Crippen MR) is 117 cm³/mol. The normalized spacial score (nSPS) is 16.0. The van der Waals surface area contributed by atoms with E-state index in [4.69, 9.17) is 11.6 Å². The summed E-state index contributed by atoms with van der Waals surface area (Å²) in [5.41, 5.74) is 3.13. The number of amides is 1. The minimum atomic E-state index is -0.0508. The van der Waals surface area contributed by atoms with Crippen LogP contribution in [0.1, 0.15) is 25.5 Å². The van der Waals surface area contributed by atoms with Crippen LogP contribution >= 0.6 is 11.6 Å². The Labute approximate surface area is 172 Å². The number of hydrogen-bond donors (Lipinski definition) is 2. The van der Waals surface area contributed by atoms with E-state index in [2.05, 4.69) is 39.5 Å². The van der Waals surface area contributed by atoms with Crippen molar-refractivity contribution in [3.05, 3.63) is 59.1 Å². The largest absolute Gasteiger partial charge is 0.369 e. The van der Waals surface area contributed by atoms with Gasteiger partial charge in [0, 0.05) is 48.6 Å². The predicted octanol–water partition coefficient (Wildman–Crippen LogP) is 3.77. The summed E-state index contributed by atoms with van der Waals surface area (Å²) in [4.78, 5) is 17.1. The number of carbonyl (C=O) groups is 1. The Morgan fingerprint density at radius 1 is 1.04 bits per heavy atom. The zero-order chi connectivity index (χ0) is 19.9. The van der Waals surface area contributed by atoms with Crippen LogP contribution in [0, 0.1) is 0 Å². The van der Waals surface area contributed by atoms with Crippen LogP contribution in [-0.2, 0) is 4.79 Å². The summed E-state index contributed by atoms with van der Waals surface area (Å²) in [6.45, 7) is 9.91. The minimum absolute atomic E-state index is 0.0508. The maximum Gasteiger partial charge on any atom is 0.238 e. The highest BCUT2D eigenvalue weighted by atomic mass is 35.5. The molecule has 1 amide bonds. The number of halogens is 1. The molecule has 1 aliphatic heterocycles. The van der Waals surface area contributed by atoms with Crippen molar-refractivity contribution in [3.63, 3.8) is 0 Å². The van der Waals surface area contributed by atoms with E-state index in [1.165, 1.54) is 5.69 Å². The fourth-order valence-electron chi connectivity index (χ4n) is 3.40. The molecule has 0 radical (unpaired) electrons. The van der Waals surface area contributed by atoms with Crippen LogP contribution in [0.5, 0.6) is 0 Å². The molecule has 1 heterocycles. The minimum Gasteiger partial charge on any atom is -0.369 e. The van der Waals surface area contributed by atoms with Crippen LogP contribution in [0.3, 0.4) is 0 Å². The lowest BCUT2D eigenvalue weighted by Gasteiger charge is -2.35. The monoisotopic (exact) mass is 400 g/mol. The molecule has 0 aliphatic carbocycles. The second-order valence-electron chi connectivity index (χ2n) is 7.17. The lowest BCUT2D eigenvalue weighted by atomic mass is 10.1. The fraction of sp³-hybridized carbons (Fsp3) is 0.409. The van der Waals surface area contributed by atoms with Gasteiger partial charge in [-0.1, -0.05) is 30.7 Å². The summed E-state index contributed by atoms with van der Waals surface area (Å²) in [6, 6.07) is 15.9. The van der Waals surface area contributed by atoms with Gasteiger partial charge in [0.05, 0.1) is 6.54 Å². The maximum atomic E-state index is 12.2. The molecule has 5 nitrogen and oxygen atoms in total. The second kappa shape index (κ2) is 9.92. The molecule has 3 rings (SSSR count). The second-order valence-corrected chi connectivity index (χ2v) is 7.61. The van der Waals surface area contributed by atoms with Gasteiger partial charge >= 0.3 is 0 Å². The Bertz CT molecular complexity index is 755. The van der Waals surface area contributed by atoms with Crippen molar-refractivity contribution in [2.24, 2.45) is 0 Å². The van der Waals surface area contributed by atoms with E-state index in [9.17, 15) is 4.79 Å². The Morgan fingerprint density at radius 2 is 1.68 bits per heavy atom. The van der Waals surface area contributed by atoms with Crippen LogP contribution in [0.4, 0.5) is 11.4 Å². The van der Waals surface area contributed by atoms with Crippen LogP contribution in [0.15, 0.2) is 48.5 Å². The third kappa shape index (κ3) is 5.71. The number of piperazine rings is 1. The van der Waals surface area contributed by atoms with Gasteiger partial charge in [0.1, 0.15) is 0 Å². The number of hydrogen-bond acceptors (Lipinski definition) is 4. The van der Waals surface area contributed by atoms with Crippen molar-refractivity contribution in [2.75, 3.05) is 49.5 Å². The van der Waals surface area contributed by atoms with Crippen LogP contribution in [0.25, 0.3) is 0 Å². The maximum absolute atomic E-state index is 12.2. The fourth-order valence-corrected chi connectivity index (χ4v) is 3.52. The molecule has 2 aromatic rings. The first kappa shape index (κ1) is 20.6. The number of rotatable bonds is 7. The molecule has 0 spiro atoms. The topological polar surface area (TPSA) is 47.6 Å². The molecule has 28 heavy (non-hydrogen) atoms. The van der Waals surface area contributed by atoms with Crippen LogP contribution < -0.4 is 15.5 Å². The Balaban J connectivity index is 1.46. The van der Waals surface area contributed by atoms with E-state index in [1.807, 2.05) is 43.3 Å². The summed E-state index contributed by atoms with van der Waals surface area (Å²) in [5, 5.41) is 6.91. The zero-order valence-corrected chi connectivity index (χ0v) is 17.4. The van der Waals surface area contributed by atoms with Crippen molar-refractivity contribution in [3.8, 4) is 0 Å². The summed E-state index contributed by atoms with van der Waals surface area (Å²) >= 11 is 5.92. The van der Waals surface area contributed by atoms with E-state index in [1.54, 1.807) is 0 Å². The van der Waals surface area contributed by atoms with E-state index in [0.29, 0.717) is 5.02 Å². The molecule has 0 bridgehead atoms. The van der Waals surface area contributed by atoms with Gasteiger partial charge in [-0.2, -0.15) is 0 Å². The lowest BCUT2D eigenvalue weighted by molar-refractivity contribution is -0.115. The number of likely N-dealkylation sites (N-methyl/N-ethyl adjacent to an activating group) is 1.